The molecule has 0 saturated heterocycles. The molecule has 0 bridgehead atoms. The number of rotatable bonds is 3. The van der Waals surface area contributed by atoms with Gasteiger partial charge in [0.25, 0.3) is 0 Å². The summed E-state index contributed by atoms with van der Waals surface area (Å²) >= 11 is 1.59. The summed E-state index contributed by atoms with van der Waals surface area (Å²) in [6, 6.07) is 8.30. The zero-order valence-corrected chi connectivity index (χ0v) is 16.6. The molecule has 1 aromatic carbocycles. The summed E-state index contributed by atoms with van der Waals surface area (Å²) in [5, 5.41) is 8.72. The Kier molecular flexibility index (Phi) is 6.25. The van der Waals surface area contributed by atoms with Gasteiger partial charge in [0.15, 0.2) is 0 Å². The van der Waals surface area contributed by atoms with Gasteiger partial charge in [-0.1, -0.05) is 43.2 Å². The molecule has 0 amide bonds. The van der Waals surface area contributed by atoms with Crippen molar-refractivity contribution in [3.63, 3.8) is 0 Å². The third-order valence-electron chi connectivity index (χ3n) is 4.60. The van der Waals surface area contributed by atoms with E-state index < -0.39 is 0 Å². The van der Waals surface area contributed by atoms with Crippen LogP contribution in [-0.4, -0.2) is 16.7 Å². The van der Waals surface area contributed by atoms with E-state index in [2.05, 4.69) is 51.3 Å². The van der Waals surface area contributed by atoms with Crippen molar-refractivity contribution < 1.29 is 0 Å². The van der Waals surface area contributed by atoms with Crippen molar-refractivity contribution >= 4 is 23.0 Å². The van der Waals surface area contributed by atoms with Gasteiger partial charge in [-0.2, -0.15) is 5.10 Å². The number of nitrogens with zero attached hydrogens (tertiary/aromatic N) is 3. The Labute approximate surface area is 164 Å². The molecule has 0 aliphatic heterocycles. The second-order valence-electron chi connectivity index (χ2n) is 6.83. The summed E-state index contributed by atoms with van der Waals surface area (Å²) in [6.07, 6.45) is 6.48. The Morgan fingerprint density at radius 1 is 1.11 bits per heavy atom. The van der Waals surface area contributed by atoms with Crippen molar-refractivity contribution in [2.24, 2.45) is 27.6 Å². The summed E-state index contributed by atoms with van der Waals surface area (Å²) in [7, 11) is 0. The first-order valence-corrected chi connectivity index (χ1v) is 10.1. The molecule has 3 rings (SSSR count). The Morgan fingerprint density at radius 3 is 2.48 bits per heavy atom. The van der Waals surface area contributed by atoms with E-state index >= 15 is 0 Å². The summed E-state index contributed by atoms with van der Waals surface area (Å²) in [6.45, 7) is 3.84. The number of thiazole rings is 1. The lowest BCUT2D eigenvalue weighted by Crippen LogP contribution is -2.22. The molecule has 140 valence electrons. The first-order valence-electron chi connectivity index (χ1n) is 9.26. The molecule has 1 aromatic heterocycles. The van der Waals surface area contributed by atoms with Crippen LogP contribution in [0.5, 0.6) is 0 Å². The maximum atomic E-state index is 5.34. The van der Waals surface area contributed by atoms with E-state index in [0.717, 1.165) is 32.4 Å². The Morgan fingerprint density at radius 2 is 1.81 bits per heavy atom. The molecule has 4 N–H and O–H groups in total. The van der Waals surface area contributed by atoms with Gasteiger partial charge in [-0.05, 0) is 38.8 Å². The minimum absolute atomic E-state index is 0.0540. The van der Waals surface area contributed by atoms with Crippen LogP contribution in [0.2, 0.25) is 0 Å². The van der Waals surface area contributed by atoms with E-state index in [1.54, 1.807) is 11.3 Å². The molecular weight excluding hydrogens is 354 g/mol. The van der Waals surface area contributed by atoms with Crippen LogP contribution in [0.4, 0.5) is 0 Å². The molecule has 27 heavy (non-hydrogen) atoms. The molecule has 1 fully saturated rings. The Balaban J connectivity index is 1.76. The fourth-order valence-corrected chi connectivity index (χ4v) is 4.17. The topological polar surface area (TPSA) is 89.6 Å². The molecule has 0 spiro atoms. The second kappa shape index (κ2) is 8.83. The van der Waals surface area contributed by atoms with Crippen molar-refractivity contribution in [2.75, 3.05) is 0 Å². The minimum Gasteiger partial charge on any atom is -0.369 e. The average molecular weight is 380 g/mol. The standard InChI is InChI=1S/C21H25N5S/c1-14-19(15(2)25-26-21(22)23)27-20(24-14)18-12-10-17(11-13-18)9-8-16-6-4-3-5-7-16/h10-13,16H,3-7H2,1-2H3,(H4,22,23,26)/b25-15+. The highest BCUT2D eigenvalue weighted by molar-refractivity contribution is 7.17. The summed E-state index contributed by atoms with van der Waals surface area (Å²) in [5.74, 6) is 7.28. The normalized spacial score (nSPS) is 15.1. The van der Waals surface area contributed by atoms with E-state index in [0.29, 0.717) is 5.92 Å². The van der Waals surface area contributed by atoms with Gasteiger partial charge in [-0.15, -0.1) is 16.4 Å². The van der Waals surface area contributed by atoms with Crippen molar-refractivity contribution in [2.45, 2.75) is 46.0 Å². The quantitative estimate of drug-likeness (QED) is 0.365. The molecule has 2 aromatic rings. The number of aromatic nitrogens is 1. The molecule has 1 aliphatic carbocycles. The van der Waals surface area contributed by atoms with Gasteiger partial charge in [-0.3, -0.25) is 0 Å². The third kappa shape index (κ3) is 5.18. The van der Waals surface area contributed by atoms with E-state index in [9.17, 15) is 0 Å². The molecule has 0 unspecified atom stereocenters. The lowest BCUT2D eigenvalue weighted by Gasteiger charge is -2.15. The van der Waals surface area contributed by atoms with E-state index in [1.807, 2.05) is 13.8 Å². The highest BCUT2D eigenvalue weighted by atomic mass is 32.1. The minimum atomic E-state index is -0.0540. The fraction of sp³-hybridized carbons (Fsp3) is 0.381. The van der Waals surface area contributed by atoms with Crippen LogP contribution in [-0.2, 0) is 0 Å². The zero-order chi connectivity index (χ0) is 19.2. The number of benzene rings is 1. The van der Waals surface area contributed by atoms with E-state index in [4.69, 9.17) is 11.5 Å². The maximum absolute atomic E-state index is 5.34. The monoisotopic (exact) mass is 379 g/mol. The maximum Gasteiger partial charge on any atom is 0.211 e. The van der Waals surface area contributed by atoms with Crippen LogP contribution in [0.1, 0.15) is 55.2 Å². The highest BCUT2D eigenvalue weighted by Crippen LogP contribution is 2.29. The van der Waals surface area contributed by atoms with Gasteiger partial charge in [-0.25, -0.2) is 4.98 Å². The van der Waals surface area contributed by atoms with Gasteiger partial charge in [0, 0.05) is 17.0 Å². The number of hydrogen-bond donors (Lipinski definition) is 2. The van der Waals surface area contributed by atoms with Gasteiger partial charge in [0.05, 0.1) is 16.3 Å². The van der Waals surface area contributed by atoms with Crippen LogP contribution in [0.3, 0.4) is 0 Å². The molecule has 1 saturated carbocycles. The van der Waals surface area contributed by atoms with Crippen LogP contribution < -0.4 is 11.5 Å². The molecule has 6 heteroatoms. The largest absolute Gasteiger partial charge is 0.369 e. The third-order valence-corrected chi connectivity index (χ3v) is 5.91. The highest BCUT2D eigenvalue weighted by Gasteiger charge is 2.12. The molecule has 1 aliphatic rings. The molecular formula is C21H25N5S. The van der Waals surface area contributed by atoms with Gasteiger partial charge in [0.1, 0.15) is 5.01 Å². The summed E-state index contributed by atoms with van der Waals surface area (Å²) in [5.41, 5.74) is 14.5. The van der Waals surface area contributed by atoms with E-state index in [1.165, 1.54) is 32.1 Å². The number of aryl methyl sites for hydroxylation is 1. The predicted octanol–water partition coefficient (Wildman–Crippen LogP) is 4.05. The summed E-state index contributed by atoms with van der Waals surface area (Å²) in [4.78, 5) is 5.65. The van der Waals surface area contributed by atoms with Crippen LogP contribution in [0.15, 0.2) is 34.5 Å². The Bertz CT molecular complexity index is 902. The molecule has 0 radical (unpaired) electrons. The fourth-order valence-electron chi connectivity index (χ4n) is 3.16. The predicted molar refractivity (Wildman–Crippen MR) is 114 cm³/mol. The van der Waals surface area contributed by atoms with Gasteiger partial charge in [0.2, 0.25) is 5.96 Å². The average Bonchev–Trinajstić information content (AvgIpc) is 3.07. The molecule has 1 heterocycles. The van der Waals surface area contributed by atoms with Gasteiger partial charge >= 0.3 is 0 Å². The van der Waals surface area contributed by atoms with Crippen LogP contribution in [0.25, 0.3) is 10.6 Å². The smallest absolute Gasteiger partial charge is 0.211 e. The number of nitrogens with two attached hydrogens (primary N) is 2. The zero-order valence-electron chi connectivity index (χ0n) is 15.8. The SMILES string of the molecule is C/C(=N\N=C(N)N)c1sc(-c2ccc(C#CC3CCCCC3)cc2)nc1C. The van der Waals surface area contributed by atoms with Gasteiger partial charge < -0.3 is 11.5 Å². The second-order valence-corrected chi connectivity index (χ2v) is 7.82. The van der Waals surface area contributed by atoms with Crippen molar-refractivity contribution in [1.82, 2.24) is 4.98 Å². The number of hydrogen-bond acceptors (Lipinski definition) is 4. The van der Waals surface area contributed by atoms with Crippen molar-refractivity contribution in [3.05, 3.63) is 40.4 Å². The van der Waals surface area contributed by atoms with Crippen molar-refractivity contribution in [1.29, 1.82) is 0 Å². The Hall–Kier alpha value is -2.65. The first kappa shape index (κ1) is 19.1. The summed E-state index contributed by atoms with van der Waals surface area (Å²) < 4.78 is 0. The van der Waals surface area contributed by atoms with Crippen molar-refractivity contribution in [3.8, 4) is 22.4 Å². The van der Waals surface area contributed by atoms with E-state index in [-0.39, 0.29) is 5.96 Å². The lowest BCUT2D eigenvalue weighted by molar-refractivity contribution is 0.430. The van der Waals surface area contributed by atoms with Crippen LogP contribution >= 0.6 is 11.3 Å². The first-order chi connectivity index (χ1) is 13.0. The molecule has 0 atom stereocenters. The number of guanidine groups is 1. The molecule has 5 nitrogen and oxygen atoms in total. The lowest BCUT2D eigenvalue weighted by atomic mass is 9.89. The van der Waals surface area contributed by atoms with Crippen LogP contribution in [0, 0.1) is 24.7 Å².